The smallest absolute Gasteiger partial charge is 0.145 e. The van der Waals surface area contributed by atoms with Gasteiger partial charge in [-0.1, -0.05) is 105 Å². The third-order valence-electron chi connectivity index (χ3n) is 9.58. The molecule has 0 aliphatic heterocycles. The van der Waals surface area contributed by atoms with E-state index < -0.39 is 0 Å². The van der Waals surface area contributed by atoms with Crippen LogP contribution in [0, 0.1) is 0 Å². The Labute approximate surface area is 312 Å². The van der Waals surface area contributed by atoms with E-state index in [1.807, 2.05) is 18.2 Å². The molecule has 0 aliphatic carbocycles. The van der Waals surface area contributed by atoms with Gasteiger partial charge in [0.15, 0.2) is 0 Å². The lowest BCUT2D eigenvalue weighted by Crippen LogP contribution is -2.00. The summed E-state index contributed by atoms with van der Waals surface area (Å²) >= 11 is 0. The maximum Gasteiger partial charge on any atom is 0.145 e. The molecule has 282 valence electrons. The van der Waals surface area contributed by atoms with Gasteiger partial charge in [0.05, 0.1) is 31.8 Å². The molecular weight excluding hydrogens is 649 g/mol. The molecule has 52 heavy (non-hydrogen) atoms. The van der Waals surface area contributed by atoms with Crippen molar-refractivity contribution in [3.8, 4) is 45.6 Å². The Morgan fingerprint density at radius 1 is 0.404 bits per heavy atom. The maximum atomic E-state index is 6.64. The van der Waals surface area contributed by atoms with Crippen LogP contribution in [-0.2, 0) is 0 Å². The van der Waals surface area contributed by atoms with Gasteiger partial charge < -0.3 is 27.8 Å². The van der Waals surface area contributed by atoms with Crippen molar-refractivity contribution in [1.29, 1.82) is 0 Å². The minimum Gasteiger partial charge on any atom is -0.493 e. The highest BCUT2D eigenvalue weighted by Gasteiger charge is 2.17. The van der Waals surface area contributed by atoms with Gasteiger partial charge in [0.25, 0.3) is 0 Å². The molecule has 0 N–H and O–H groups in total. The van der Waals surface area contributed by atoms with Gasteiger partial charge in [-0.05, 0) is 74.2 Å². The quantitative estimate of drug-likeness (QED) is 0.0532. The lowest BCUT2D eigenvalue weighted by molar-refractivity contribution is 0.290. The van der Waals surface area contributed by atoms with Gasteiger partial charge in [-0.15, -0.1) is 0 Å². The van der Waals surface area contributed by atoms with Gasteiger partial charge in [0, 0.05) is 28.6 Å². The van der Waals surface area contributed by atoms with E-state index in [9.17, 15) is 0 Å². The Morgan fingerprint density at radius 3 is 1.21 bits per heavy atom. The van der Waals surface area contributed by atoms with Gasteiger partial charge in [-0.2, -0.15) is 0 Å². The summed E-state index contributed by atoms with van der Waals surface area (Å²) in [5.41, 5.74) is 3.44. The van der Waals surface area contributed by atoms with Crippen LogP contribution in [0.3, 0.4) is 0 Å². The van der Waals surface area contributed by atoms with E-state index in [4.69, 9.17) is 27.8 Å². The molecular formula is C46H62O6. The van der Waals surface area contributed by atoms with Crippen LogP contribution >= 0.6 is 0 Å². The molecule has 0 spiro atoms. The van der Waals surface area contributed by atoms with Gasteiger partial charge >= 0.3 is 0 Å². The molecule has 2 heterocycles. The molecule has 5 aromatic rings. The molecule has 0 bridgehead atoms. The lowest BCUT2D eigenvalue weighted by atomic mass is 10.1. The summed E-state index contributed by atoms with van der Waals surface area (Å²) in [4.78, 5) is 0. The predicted octanol–water partition coefficient (Wildman–Crippen LogP) is 14.3. The third-order valence-corrected chi connectivity index (χ3v) is 9.58. The minimum absolute atomic E-state index is 0.687. The van der Waals surface area contributed by atoms with Gasteiger partial charge in [-0.3, -0.25) is 0 Å². The largest absolute Gasteiger partial charge is 0.493 e. The molecule has 0 fully saturated rings. The number of hydrogen-bond donors (Lipinski definition) is 0. The SMILES string of the molecule is CCCCCCOc1cc(OCCCCCC)cc(-c2cc3c(ccc4cc(-c5cc(OCCCCCC)cc(OCCCCCC)c5)oc43)o2)c1. The first-order valence-corrected chi connectivity index (χ1v) is 20.4. The number of rotatable bonds is 26. The molecule has 0 radical (unpaired) electrons. The van der Waals surface area contributed by atoms with Gasteiger partial charge in [-0.25, -0.2) is 0 Å². The number of benzene rings is 3. The number of hydrogen-bond acceptors (Lipinski definition) is 6. The molecule has 3 aromatic carbocycles. The molecule has 2 aromatic heterocycles. The molecule has 0 unspecified atom stereocenters. The fourth-order valence-electron chi connectivity index (χ4n) is 6.53. The van der Waals surface area contributed by atoms with Crippen LogP contribution in [0.15, 0.2) is 69.5 Å². The number of furan rings is 2. The van der Waals surface area contributed by atoms with Crippen molar-refractivity contribution in [3.05, 3.63) is 60.7 Å². The van der Waals surface area contributed by atoms with Crippen LogP contribution in [-0.4, -0.2) is 26.4 Å². The summed E-state index contributed by atoms with van der Waals surface area (Å²) in [6.45, 7) is 11.7. The van der Waals surface area contributed by atoms with Crippen molar-refractivity contribution in [3.63, 3.8) is 0 Å². The molecule has 0 saturated carbocycles. The molecule has 0 saturated heterocycles. The highest BCUT2D eigenvalue weighted by Crippen LogP contribution is 2.40. The van der Waals surface area contributed by atoms with Crippen LogP contribution in [0.25, 0.3) is 44.6 Å². The zero-order valence-corrected chi connectivity index (χ0v) is 32.4. The fraction of sp³-hybridized carbons (Fsp3) is 0.522. The Morgan fingerprint density at radius 2 is 0.808 bits per heavy atom. The zero-order valence-electron chi connectivity index (χ0n) is 32.4. The standard InChI is InChI=1S/C46H62O6/c1-5-9-13-17-23-47-38-27-36(28-39(32-38)48-24-18-14-10-6-2)44-31-35-21-22-43-42(46(35)52-44)34-45(51-43)37-29-40(49-25-19-15-11-7-3)33-41(30-37)50-26-20-16-12-8-4/h21-22,27-34H,5-20,23-26H2,1-4H3. The number of unbranched alkanes of at least 4 members (excludes halogenated alkanes) is 12. The van der Waals surface area contributed by atoms with E-state index in [1.54, 1.807) is 0 Å². The summed E-state index contributed by atoms with van der Waals surface area (Å²) < 4.78 is 38.1. The lowest BCUT2D eigenvalue weighted by Gasteiger charge is -2.12. The second-order valence-corrected chi connectivity index (χ2v) is 14.1. The fourth-order valence-corrected chi connectivity index (χ4v) is 6.53. The highest BCUT2D eigenvalue weighted by molar-refractivity contribution is 6.05. The average molecular weight is 711 g/mol. The molecule has 0 amide bonds. The van der Waals surface area contributed by atoms with Crippen molar-refractivity contribution in [2.45, 2.75) is 130 Å². The summed E-state index contributed by atoms with van der Waals surface area (Å²) in [6.07, 6.45) is 18.6. The summed E-state index contributed by atoms with van der Waals surface area (Å²) in [5.74, 6) is 4.76. The Kier molecular flexibility index (Phi) is 16.2. The third kappa shape index (κ3) is 11.7. The van der Waals surface area contributed by atoms with Crippen LogP contribution in [0.2, 0.25) is 0 Å². The average Bonchev–Trinajstić information content (AvgIpc) is 3.80. The molecule has 0 aliphatic rings. The van der Waals surface area contributed by atoms with Crippen LogP contribution in [0.4, 0.5) is 0 Å². The molecule has 5 rings (SSSR count). The molecule has 6 heteroatoms. The monoisotopic (exact) mass is 710 g/mol. The Balaban J connectivity index is 1.41. The first-order valence-electron chi connectivity index (χ1n) is 20.4. The van der Waals surface area contributed by atoms with Crippen LogP contribution < -0.4 is 18.9 Å². The van der Waals surface area contributed by atoms with Gasteiger partial charge in [0.1, 0.15) is 45.7 Å². The number of fused-ring (bicyclic) bond motifs is 3. The van der Waals surface area contributed by atoms with Crippen molar-refractivity contribution in [2.75, 3.05) is 26.4 Å². The number of ether oxygens (including phenoxy) is 4. The Bertz CT molecular complexity index is 1570. The van der Waals surface area contributed by atoms with E-state index in [1.165, 1.54) is 77.0 Å². The second kappa shape index (κ2) is 21.5. The van der Waals surface area contributed by atoms with E-state index in [2.05, 4.69) is 70.2 Å². The van der Waals surface area contributed by atoms with E-state index in [0.29, 0.717) is 26.4 Å². The van der Waals surface area contributed by atoms with Crippen LogP contribution in [0.1, 0.15) is 130 Å². The van der Waals surface area contributed by atoms with Gasteiger partial charge in [0.2, 0.25) is 0 Å². The summed E-state index contributed by atoms with van der Waals surface area (Å²) in [6, 6.07) is 20.6. The normalized spacial score (nSPS) is 11.5. The van der Waals surface area contributed by atoms with E-state index in [0.717, 1.165) is 93.3 Å². The first kappa shape index (κ1) is 39.2. The Hall–Kier alpha value is -4.06. The first-order chi connectivity index (χ1) is 25.6. The van der Waals surface area contributed by atoms with E-state index >= 15 is 0 Å². The van der Waals surface area contributed by atoms with E-state index in [-0.39, 0.29) is 0 Å². The molecule has 0 atom stereocenters. The molecule has 6 nitrogen and oxygen atoms in total. The summed E-state index contributed by atoms with van der Waals surface area (Å²) in [5, 5.41) is 1.95. The zero-order chi connectivity index (χ0) is 36.4. The second-order valence-electron chi connectivity index (χ2n) is 14.1. The topological polar surface area (TPSA) is 63.2 Å². The van der Waals surface area contributed by atoms with Crippen LogP contribution in [0.5, 0.6) is 23.0 Å². The highest BCUT2D eigenvalue weighted by atomic mass is 16.5. The predicted molar refractivity (Wildman–Crippen MR) is 215 cm³/mol. The van der Waals surface area contributed by atoms with Crippen molar-refractivity contribution in [2.24, 2.45) is 0 Å². The van der Waals surface area contributed by atoms with Crippen molar-refractivity contribution >= 4 is 21.9 Å². The maximum absolute atomic E-state index is 6.64. The van der Waals surface area contributed by atoms with Crippen molar-refractivity contribution in [1.82, 2.24) is 0 Å². The summed E-state index contributed by atoms with van der Waals surface area (Å²) in [7, 11) is 0. The van der Waals surface area contributed by atoms with Crippen molar-refractivity contribution < 1.29 is 27.8 Å². The minimum atomic E-state index is 0.687.